The van der Waals surface area contributed by atoms with Gasteiger partial charge in [0.15, 0.2) is 0 Å². The van der Waals surface area contributed by atoms with Gasteiger partial charge in [-0.2, -0.15) is 11.8 Å². The normalized spacial score (nSPS) is 10.6. The van der Waals surface area contributed by atoms with Gasteiger partial charge in [0, 0.05) is 13.1 Å². The summed E-state index contributed by atoms with van der Waals surface area (Å²) in [6, 6.07) is 3.94. The van der Waals surface area contributed by atoms with Gasteiger partial charge in [0.25, 0.3) is 0 Å². The van der Waals surface area contributed by atoms with Gasteiger partial charge in [0.2, 0.25) is 5.91 Å². The first-order valence-corrected chi connectivity index (χ1v) is 7.65. The average Bonchev–Trinajstić information content (AvgIpc) is 2.79. The number of hydrogen-bond acceptors (Lipinski definition) is 4. The van der Waals surface area contributed by atoms with Gasteiger partial charge in [-0.1, -0.05) is 0 Å². The van der Waals surface area contributed by atoms with Crippen molar-refractivity contribution in [1.29, 1.82) is 0 Å². The molecule has 18 heavy (non-hydrogen) atoms. The fraction of sp³-hybridized carbons (Fsp3) is 0.615. The zero-order valence-corrected chi connectivity index (χ0v) is 12.2. The molecule has 1 amide bonds. The lowest BCUT2D eigenvalue weighted by atomic mass is 10.4. The zero-order valence-electron chi connectivity index (χ0n) is 11.4. The summed E-state index contributed by atoms with van der Waals surface area (Å²) in [5.74, 6) is 2.88. The first-order valence-electron chi connectivity index (χ1n) is 6.26. The summed E-state index contributed by atoms with van der Waals surface area (Å²) >= 11 is 1.73. The van der Waals surface area contributed by atoms with Crippen LogP contribution in [0.1, 0.15) is 25.4 Å². The Kier molecular flexibility index (Phi) is 6.90. The van der Waals surface area contributed by atoms with Crippen LogP contribution in [-0.2, 0) is 17.1 Å². The van der Waals surface area contributed by atoms with Crippen molar-refractivity contribution >= 4 is 17.7 Å². The molecule has 1 rings (SSSR count). The number of hydrogen-bond donors (Lipinski definition) is 1. The highest BCUT2D eigenvalue weighted by Crippen LogP contribution is 2.13. The molecule has 0 spiro atoms. The van der Waals surface area contributed by atoms with Crippen LogP contribution in [0.2, 0.25) is 0 Å². The minimum atomic E-state index is 0.135. The van der Waals surface area contributed by atoms with Crippen LogP contribution < -0.4 is 5.32 Å². The van der Waals surface area contributed by atoms with Crippen molar-refractivity contribution in [3.05, 3.63) is 23.7 Å². The molecule has 0 unspecified atom stereocenters. The Morgan fingerprint density at radius 2 is 2.00 bits per heavy atom. The second-order valence-electron chi connectivity index (χ2n) is 3.97. The van der Waals surface area contributed by atoms with Crippen LogP contribution in [0.25, 0.3) is 0 Å². The molecule has 1 aromatic rings. The van der Waals surface area contributed by atoms with Crippen molar-refractivity contribution in [3.63, 3.8) is 0 Å². The van der Waals surface area contributed by atoms with Crippen LogP contribution in [0.15, 0.2) is 16.5 Å². The summed E-state index contributed by atoms with van der Waals surface area (Å²) in [5, 5.41) is 3.11. The van der Waals surface area contributed by atoms with Crippen molar-refractivity contribution < 1.29 is 9.21 Å². The molecule has 0 aliphatic carbocycles. The molecule has 0 saturated heterocycles. The lowest BCUT2D eigenvalue weighted by molar-refractivity contribution is -0.129. The topological polar surface area (TPSA) is 45.5 Å². The van der Waals surface area contributed by atoms with Gasteiger partial charge in [-0.25, -0.2) is 0 Å². The van der Waals surface area contributed by atoms with E-state index in [2.05, 4.69) is 5.32 Å². The molecule has 5 heteroatoms. The van der Waals surface area contributed by atoms with Crippen molar-refractivity contribution in [3.8, 4) is 0 Å². The van der Waals surface area contributed by atoms with E-state index in [1.54, 1.807) is 11.8 Å². The average molecular weight is 270 g/mol. The summed E-state index contributed by atoms with van der Waals surface area (Å²) in [5.41, 5.74) is 0. The van der Waals surface area contributed by atoms with E-state index in [0.717, 1.165) is 30.4 Å². The number of thioether (sulfide) groups is 1. The fourth-order valence-electron chi connectivity index (χ4n) is 1.72. The molecule has 1 N–H and O–H groups in total. The van der Waals surface area contributed by atoms with Gasteiger partial charge in [-0.05, 0) is 32.2 Å². The van der Waals surface area contributed by atoms with Crippen LogP contribution >= 0.6 is 11.8 Å². The molecule has 0 atom stereocenters. The first kappa shape index (κ1) is 15.1. The summed E-state index contributed by atoms with van der Waals surface area (Å²) < 4.78 is 5.61. The summed E-state index contributed by atoms with van der Waals surface area (Å²) in [6.45, 7) is 6.46. The van der Waals surface area contributed by atoms with E-state index in [9.17, 15) is 4.79 Å². The van der Waals surface area contributed by atoms with Crippen molar-refractivity contribution in [2.45, 2.75) is 26.1 Å². The predicted molar refractivity (Wildman–Crippen MR) is 75.6 cm³/mol. The third-order valence-corrected chi connectivity index (χ3v) is 3.27. The molecule has 1 heterocycles. The standard InChI is InChI=1S/C13H22N2O2S/c1-4-15(5-2)13(16)9-14-8-11-6-7-12(17-11)10-18-3/h6-7,14H,4-5,8-10H2,1-3H3. The van der Waals surface area contributed by atoms with Crippen LogP contribution in [0.3, 0.4) is 0 Å². The SMILES string of the molecule is CCN(CC)C(=O)CNCc1ccc(CSC)o1. The summed E-state index contributed by atoms with van der Waals surface area (Å²) in [4.78, 5) is 13.5. The quantitative estimate of drug-likeness (QED) is 0.786. The predicted octanol–water partition coefficient (Wildman–Crippen LogP) is 2.10. The van der Waals surface area contributed by atoms with Crippen molar-refractivity contribution in [1.82, 2.24) is 10.2 Å². The third-order valence-electron chi connectivity index (χ3n) is 2.70. The van der Waals surface area contributed by atoms with Gasteiger partial charge in [0.1, 0.15) is 11.5 Å². The Bertz CT molecular complexity index is 362. The number of carbonyl (C=O) groups is 1. The molecule has 0 aromatic carbocycles. The molecular formula is C13H22N2O2S. The minimum absolute atomic E-state index is 0.135. The molecule has 102 valence electrons. The number of rotatable bonds is 8. The second kappa shape index (κ2) is 8.21. The number of furan rings is 1. The molecule has 0 aliphatic heterocycles. The molecule has 1 aromatic heterocycles. The first-order chi connectivity index (χ1) is 8.71. The number of likely N-dealkylation sites (N-methyl/N-ethyl adjacent to an activating group) is 1. The molecular weight excluding hydrogens is 248 g/mol. The Hall–Kier alpha value is -0.940. The molecule has 4 nitrogen and oxygen atoms in total. The Morgan fingerprint density at radius 3 is 2.61 bits per heavy atom. The molecule has 0 saturated carbocycles. The number of nitrogens with zero attached hydrogens (tertiary/aromatic N) is 1. The smallest absolute Gasteiger partial charge is 0.236 e. The minimum Gasteiger partial charge on any atom is -0.464 e. The third kappa shape index (κ3) is 4.74. The Morgan fingerprint density at radius 1 is 1.33 bits per heavy atom. The Labute approximate surface area is 113 Å². The van der Waals surface area contributed by atoms with Gasteiger partial charge >= 0.3 is 0 Å². The van der Waals surface area contributed by atoms with Crippen LogP contribution in [0.4, 0.5) is 0 Å². The molecule has 0 fully saturated rings. The highest BCUT2D eigenvalue weighted by Gasteiger charge is 2.09. The van der Waals surface area contributed by atoms with Crippen LogP contribution in [-0.4, -0.2) is 36.7 Å². The molecule has 0 bridgehead atoms. The van der Waals surface area contributed by atoms with Gasteiger partial charge in [-0.3, -0.25) is 4.79 Å². The van der Waals surface area contributed by atoms with Gasteiger partial charge in [0.05, 0.1) is 18.8 Å². The van der Waals surface area contributed by atoms with Gasteiger partial charge < -0.3 is 14.6 Å². The van der Waals surface area contributed by atoms with E-state index >= 15 is 0 Å². The van der Waals surface area contributed by atoms with Gasteiger partial charge in [-0.15, -0.1) is 0 Å². The maximum atomic E-state index is 11.7. The van der Waals surface area contributed by atoms with E-state index in [1.165, 1.54) is 0 Å². The van der Waals surface area contributed by atoms with E-state index < -0.39 is 0 Å². The zero-order chi connectivity index (χ0) is 13.4. The Balaban J connectivity index is 2.30. The fourth-order valence-corrected chi connectivity index (χ4v) is 2.16. The van der Waals surface area contributed by atoms with Crippen molar-refractivity contribution in [2.24, 2.45) is 0 Å². The molecule has 0 aliphatic rings. The van der Waals surface area contributed by atoms with E-state index in [0.29, 0.717) is 13.1 Å². The monoisotopic (exact) mass is 270 g/mol. The largest absolute Gasteiger partial charge is 0.464 e. The van der Waals surface area contributed by atoms with Crippen LogP contribution in [0.5, 0.6) is 0 Å². The van der Waals surface area contributed by atoms with E-state index in [4.69, 9.17) is 4.42 Å². The lowest BCUT2D eigenvalue weighted by Crippen LogP contribution is -2.37. The molecule has 0 radical (unpaired) electrons. The lowest BCUT2D eigenvalue weighted by Gasteiger charge is -2.18. The van der Waals surface area contributed by atoms with E-state index in [1.807, 2.05) is 37.1 Å². The summed E-state index contributed by atoms with van der Waals surface area (Å²) in [6.07, 6.45) is 2.04. The maximum absolute atomic E-state index is 11.7. The van der Waals surface area contributed by atoms with Crippen molar-refractivity contribution in [2.75, 3.05) is 25.9 Å². The number of carbonyl (C=O) groups excluding carboxylic acids is 1. The summed E-state index contributed by atoms with van der Waals surface area (Å²) in [7, 11) is 0. The highest BCUT2D eigenvalue weighted by molar-refractivity contribution is 7.97. The number of nitrogens with one attached hydrogen (secondary N) is 1. The highest BCUT2D eigenvalue weighted by atomic mass is 32.2. The number of amides is 1. The van der Waals surface area contributed by atoms with E-state index in [-0.39, 0.29) is 5.91 Å². The second-order valence-corrected chi connectivity index (χ2v) is 4.84. The van der Waals surface area contributed by atoms with Crippen LogP contribution in [0, 0.1) is 0 Å². The maximum Gasteiger partial charge on any atom is 0.236 e.